The topological polar surface area (TPSA) is 253 Å². The van der Waals surface area contributed by atoms with Crippen molar-refractivity contribution in [3.63, 3.8) is 0 Å². The SMILES string of the molecule is CC[C@@H]1OC(=O)[C@H](C)[C@H](O[C@@H]2C[C@](C)(OC)[C@H](OC(=O)CCNCCCc3ccc4c(c3)c(=O)c(C(=O)O)cn4C3CC3)[C@H](C)O2)[C@@H](C)[C@H](O[C@@H]2O[C@H](C)C[C@H](N(C)C)[C@@H]2O)[C@](C)(O)C[C@H](C)CN(C)[C@H](C)[C@H]2OC(=O)O[C@]12C. The third-order valence-electron chi connectivity index (χ3n) is 17.5. The number of likely N-dealkylation sites (N-methyl/N-ethyl adjacent to an activating group) is 2. The Morgan fingerprint density at radius 2 is 1.66 bits per heavy atom. The normalized spacial score (nSPS) is 38.1. The van der Waals surface area contributed by atoms with Gasteiger partial charge in [-0.3, -0.25) is 19.3 Å². The van der Waals surface area contributed by atoms with Gasteiger partial charge in [0.15, 0.2) is 30.4 Å². The van der Waals surface area contributed by atoms with Gasteiger partial charge in [0.25, 0.3) is 0 Å². The van der Waals surface area contributed by atoms with Gasteiger partial charge in [-0.25, -0.2) is 9.59 Å². The van der Waals surface area contributed by atoms with E-state index >= 15 is 0 Å². The molecule has 5 heterocycles. The van der Waals surface area contributed by atoms with Crippen LogP contribution in [-0.2, 0) is 58.6 Å². The Labute approximate surface area is 465 Å². The van der Waals surface area contributed by atoms with E-state index in [1.165, 1.54) is 13.3 Å². The van der Waals surface area contributed by atoms with E-state index in [2.05, 4.69) is 5.32 Å². The molecule has 5 fully saturated rings. The van der Waals surface area contributed by atoms with Crippen LogP contribution >= 0.6 is 0 Å². The van der Waals surface area contributed by atoms with Crippen molar-refractivity contribution in [2.75, 3.05) is 47.9 Å². The highest BCUT2D eigenvalue weighted by Gasteiger charge is 2.58. The number of ether oxygens (including phenoxy) is 9. The van der Waals surface area contributed by atoms with Crippen LogP contribution < -0.4 is 10.7 Å². The molecular weight excluding hydrogens is 1020 g/mol. The fourth-order valence-electron chi connectivity index (χ4n) is 12.9. The maximum Gasteiger partial charge on any atom is 0.509 e. The number of nitrogens with one attached hydrogen (secondary N) is 1. The molecule has 2 aromatic rings. The highest BCUT2D eigenvalue weighted by molar-refractivity contribution is 5.92. The Morgan fingerprint density at radius 1 is 0.949 bits per heavy atom. The second-order valence-electron chi connectivity index (χ2n) is 24.3. The molecule has 21 nitrogen and oxygen atoms in total. The molecule has 21 heteroatoms. The molecule has 0 radical (unpaired) electrons. The van der Waals surface area contributed by atoms with Crippen LogP contribution in [0.15, 0.2) is 29.2 Å². The van der Waals surface area contributed by atoms with Gasteiger partial charge < -0.3 is 72.7 Å². The van der Waals surface area contributed by atoms with Gasteiger partial charge in [-0.05, 0) is 145 Å². The lowest BCUT2D eigenvalue weighted by Gasteiger charge is -2.49. The average Bonchev–Trinajstić information content (AvgIpc) is 4.30. The molecule has 1 aromatic carbocycles. The minimum absolute atomic E-state index is 0.0449. The molecule has 0 spiro atoms. The van der Waals surface area contributed by atoms with E-state index in [0.717, 1.165) is 23.9 Å². The molecule has 7 rings (SSSR count). The molecule has 1 saturated carbocycles. The molecule has 0 amide bonds. The summed E-state index contributed by atoms with van der Waals surface area (Å²) in [4.78, 5) is 70.3. The zero-order chi connectivity index (χ0) is 58.1. The minimum Gasteiger partial charge on any atom is -0.477 e. The Hall–Kier alpha value is -4.29. The van der Waals surface area contributed by atoms with Gasteiger partial charge in [-0.15, -0.1) is 0 Å². The summed E-state index contributed by atoms with van der Waals surface area (Å²) in [6.45, 7) is 19.5. The van der Waals surface area contributed by atoms with Crippen molar-refractivity contribution in [1.82, 2.24) is 19.7 Å². The Balaban J connectivity index is 1.07. The van der Waals surface area contributed by atoms with E-state index in [4.69, 9.17) is 42.6 Å². The maximum atomic E-state index is 14.8. The van der Waals surface area contributed by atoms with Crippen LogP contribution in [-0.4, -0.2) is 192 Å². The number of fused-ring (bicyclic) bond motifs is 2. The molecule has 444 valence electrons. The smallest absolute Gasteiger partial charge is 0.477 e. The van der Waals surface area contributed by atoms with Crippen molar-refractivity contribution in [3.05, 3.63) is 45.7 Å². The van der Waals surface area contributed by atoms with Gasteiger partial charge in [0.1, 0.15) is 23.4 Å². The fraction of sp³-hybridized carbons (Fsp3) is 0.776. The third-order valence-corrected chi connectivity index (χ3v) is 17.5. The second-order valence-corrected chi connectivity index (χ2v) is 24.3. The molecule has 5 aliphatic rings. The van der Waals surface area contributed by atoms with Crippen molar-refractivity contribution in [2.45, 2.75) is 223 Å². The quantitative estimate of drug-likeness (QED) is 0.0855. The summed E-state index contributed by atoms with van der Waals surface area (Å²) < 4.78 is 59.0. The number of aryl methyl sites for hydroxylation is 1. The number of carboxylic acid groups (broad SMARTS) is 1. The number of aliphatic hydroxyl groups is 2. The van der Waals surface area contributed by atoms with Gasteiger partial charge in [0.2, 0.25) is 5.43 Å². The molecule has 4 aliphatic heterocycles. The van der Waals surface area contributed by atoms with Crippen LogP contribution in [0.25, 0.3) is 10.9 Å². The molecule has 18 atom stereocenters. The van der Waals surface area contributed by atoms with Gasteiger partial charge in [-0.1, -0.05) is 26.8 Å². The summed E-state index contributed by atoms with van der Waals surface area (Å²) in [6, 6.07) is 5.12. The molecule has 4 N–H and O–H groups in total. The number of aromatic carboxylic acids is 1. The fourth-order valence-corrected chi connectivity index (χ4v) is 12.9. The Bertz CT molecular complexity index is 2520. The van der Waals surface area contributed by atoms with Crippen molar-refractivity contribution in [1.29, 1.82) is 0 Å². The third kappa shape index (κ3) is 14.0. The van der Waals surface area contributed by atoms with Gasteiger partial charge in [0.05, 0.1) is 47.9 Å². The van der Waals surface area contributed by atoms with Crippen LogP contribution in [0, 0.1) is 17.8 Å². The molecular formula is C58H90N4O17. The van der Waals surface area contributed by atoms with Gasteiger partial charge in [0, 0.05) is 62.2 Å². The number of aromatic nitrogens is 1. The summed E-state index contributed by atoms with van der Waals surface area (Å²) in [6.07, 6.45) is -4.31. The number of aliphatic hydroxyl groups excluding tert-OH is 1. The summed E-state index contributed by atoms with van der Waals surface area (Å²) in [5, 5.41) is 38.1. The van der Waals surface area contributed by atoms with E-state index in [-0.39, 0.29) is 55.4 Å². The van der Waals surface area contributed by atoms with E-state index in [9.17, 15) is 39.3 Å². The number of rotatable bonds is 17. The van der Waals surface area contributed by atoms with E-state index in [1.807, 2.05) is 82.3 Å². The summed E-state index contributed by atoms with van der Waals surface area (Å²) in [5.74, 6) is -4.46. The number of hydrogen-bond acceptors (Lipinski definition) is 19. The van der Waals surface area contributed by atoms with Crippen LogP contribution in [0.4, 0.5) is 4.79 Å². The Kier molecular flexibility index (Phi) is 20.1. The number of methoxy groups -OCH3 is 1. The lowest BCUT2D eigenvalue weighted by atomic mass is 9.77. The number of carbonyl (C=O) groups is 4. The minimum atomic E-state index is -1.63. The summed E-state index contributed by atoms with van der Waals surface area (Å²) >= 11 is 0. The lowest BCUT2D eigenvalue weighted by Crippen LogP contribution is -2.61. The highest BCUT2D eigenvalue weighted by atomic mass is 16.8. The largest absolute Gasteiger partial charge is 0.509 e. The second kappa shape index (κ2) is 25.5. The summed E-state index contributed by atoms with van der Waals surface area (Å²) in [7, 11) is 7.18. The lowest BCUT2D eigenvalue weighted by molar-refractivity contribution is -0.318. The van der Waals surface area contributed by atoms with E-state index in [0.29, 0.717) is 44.3 Å². The number of pyridine rings is 1. The molecule has 1 aromatic heterocycles. The summed E-state index contributed by atoms with van der Waals surface area (Å²) in [5.41, 5.74) is -3.22. The van der Waals surface area contributed by atoms with Crippen LogP contribution in [0.2, 0.25) is 0 Å². The van der Waals surface area contributed by atoms with Crippen molar-refractivity contribution in [2.24, 2.45) is 17.8 Å². The van der Waals surface area contributed by atoms with Crippen molar-refractivity contribution in [3.8, 4) is 0 Å². The van der Waals surface area contributed by atoms with Crippen LogP contribution in [0.5, 0.6) is 0 Å². The zero-order valence-electron chi connectivity index (χ0n) is 48.9. The van der Waals surface area contributed by atoms with Gasteiger partial charge >= 0.3 is 24.1 Å². The first-order valence-corrected chi connectivity index (χ1v) is 28.5. The first-order valence-electron chi connectivity index (χ1n) is 28.5. The number of carboxylic acids is 1. The number of esters is 2. The molecule has 0 bridgehead atoms. The van der Waals surface area contributed by atoms with Crippen molar-refractivity contribution >= 4 is 35.0 Å². The molecule has 79 heavy (non-hydrogen) atoms. The predicted octanol–water partition coefficient (Wildman–Crippen LogP) is 5.59. The predicted molar refractivity (Wildman–Crippen MR) is 290 cm³/mol. The zero-order valence-corrected chi connectivity index (χ0v) is 48.9. The maximum absolute atomic E-state index is 14.8. The number of benzene rings is 1. The van der Waals surface area contributed by atoms with Crippen LogP contribution in [0.1, 0.15) is 143 Å². The molecule has 4 saturated heterocycles. The van der Waals surface area contributed by atoms with Gasteiger partial charge in [-0.2, -0.15) is 0 Å². The number of cyclic esters (lactones) is 1. The van der Waals surface area contributed by atoms with Crippen LogP contribution in [0.3, 0.4) is 0 Å². The number of nitrogens with zero attached hydrogens (tertiary/aromatic N) is 3. The van der Waals surface area contributed by atoms with Crippen molar-refractivity contribution < 1.29 is 77.1 Å². The van der Waals surface area contributed by atoms with E-state index < -0.39 is 119 Å². The highest BCUT2D eigenvalue weighted by Crippen LogP contribution is 2.43. The van der Waals surface area contributed by atoms with E-state index in [1.54, 1.807) is 40.7 Å². The monoisotopic (exact) mass is 1110 g/mol. The molecule has 1 aliphatic carbocycles. The average molecular weight is 1120 g/mol. The first kappa shape index (κ1) is 62.3. The number of carbonyl (C=O) groups excluding carboxylic acids is 3. The number of hydrogen-bond donors (Lipinski definition) is 4. The standard InChI is InChI=1S/C58H90N4O17/c1-15-43-58(10)50(78-55(69)79-58)35(6)61(13)29-31(2)27-56(8,70)49(77-54-47(65)42(60(11)12)25-32(3)72-54)33(4)48(34(5)53(68)74-43)76-45-28-57(9,71-14)51(36(7)73-45)75-44(63)22-24-59-23-16-17-37-18-21-41-39(26-37)46(64)40(52(66)67)30-62(41)38-19-20-38/h18,21,26,30-36,38,42-43,45,47-51,54,59,65,70H,15-17,19-20,22-25,27-29H2,1-14H3,(H,66,67)/t31-,32+,33+,34+,35+,36-,42-,43-,45+,47-,48+,49-,50+,51+,54-,56+,57-,58+/m0/s1. The first-order chi connectivity index (χ1) is 37.1. The molecule has 0 unspecified atom stereocenters. The Morgan fingerprint density at radius 3 is 2.30 bits per heavy atom.